The van der Waals surface area contributed by atoms with Crippen LogP contribution in [0.1, 0.15) is 48.8 Å². The molecular formula is C31H36Cl2N2O3. The molecule has 0 saturated carbocycles. The van der Waals surface area contributed by atoms with E-state index in [4.69, 9.17) is 32.7 Å². The highest BCUT2D eigenvalue weighted by Gasteiger charge is 2.49. The summed E-state index contributed by atoms with van der Waals surface area (Å²) in [6.45, 7) is 2.56. The molecule has 0 bridgehead atoms. The summed E-state index contributed by atoms with van der Waals surface area (Å²) in [6, 6.07) is 22.1. The molecule has 2 heterocycles. The summed E-state index contributed by atoms with van der Waals surface area (Å²) in [5.74, 6) is 1.63. The maximum Gasteiger partial charge on any atom is 0.126 e. The van der Waals surface area contributed by atoms with Crippen LogP contribution in [0.25, 0.3) is 0 Å². The Morgan fingerprint density at radius 2 is 1.82 bits per heavy atom. The van der Waals surface area contributed by atoms with E-state index in [2.05, 4.69) is 47.6 Å². The first kappa shape index (κ1) is 27.1. The number of methoxy groups -OCH3 is 1. The standard InChI is InChI=1S/C31H36Cl2N2O3/c1-35(23-6-4-3-5-7-23)20-22(21-9-12-27(32)28(33)18-21)8-11-26-30(36)25-19-24(37-2)10-13-29(25)38-31(26)14-16-34-17-15-31/h3-7,9-10,12-13,18-19,22,26,30,34,36H,8,11,14-17,20H2,1-2H3/t22-,26?,30?/m1/s1. The summed E-state index contributed by atoms with van der Waals surface area (Å²) >= 11 is 12.7. The van der Waals surface area contributed by atoms with Gasteiger partial charge in [0.1, 0.15) is 17.1 Å². The fourth-order valence-corrected chi connectivity index (χ4v) is 6.46. The Morgan fingerprint density at radius 1 is 1.05 bits per heavy atom. The number of benzene rings is 3. The Balaban J connectivity index is 1.44. The first-order valence-corrected chi connectivity index (χ1v) is 14.1. The fourth-order valence-electron chi connectivity index (χ4n) is 6.15. The lowest BCUT2D eigenvalue weighted by Crippen LogP contribution is -2.55. The van der Waals surface area contributed by atoms with Crippen LogP contribution in [0.5, 0.6) is 11.5 Å². The smallest absolute Gasteiger partial charge is 0.126 e. The predicted octanol–water partition coefficient (Wildman–Crippen LogP) is 6.87. The number of para-hydroxylation sites is 1. The molecule has 3 aromatic rings. The molecule has 2 unspecified atom stereocenters. The van der Waals surface area contributed by atoms with Crippen molar-refractivity contribution in [1.29, 1.82) is 0 Å². The van der Waals surface area contributed by atoms with Gasteiger partial charge in [0.15, 0.2) is 0 Å². The van der Waals surface area contributed by atoms with E-state index in [9.17, 15) is 5.11 Å². The summed E-state index contributed by atoms with van der Waals surface area (Å²) < 4.78 is 12.2. The highest BCUT2D eigenvalue weighted by molar-refractivity contribution is 6.42. The lowest BCUT2D eigenvalue weighted by atomic mass is 9.70. The van der Waals surface area contributed by atoms with Crippen LogP contribution in [0, 0.1) is 5.92 Å². The Hall–Kier alpha value is -2.44. The second-order valence-corrected chi connectivity index (χ2v) is 11.4. The van der Waals surface area contributed by atoms with Gasteiger partial charge >= 0.3 is 0 Å². The number of fused-ring (bicyclic) bond motifs is 1. The molecule has 2 N–H and O–H groups in total. The summed E-state index contributed by atoms with van der Waals surface area (Å²) in [7, 11) is 3.77. The van der Waals surface area contributed by atoms with Crippen molar-refractivity contribution in [2.75, 3.05) is 38.7 Å². The molecule has 38 heavy (non-hydrogen) atoms. The molecule has 7 heteroatoms. The largest absolute Gasteiger partial charge is 0.497 e. The van der Waals surface area contributed by atoms with Gasteiger partial charge in [-0.2, -0.15) is 0 Å². The SMILES string of the molecule is COc1ccc2c(c1)C(O)C(CC[C@H](CN(C)c1ccccc1)c1ccc(Cl)c(Cl)c1)C1(CCNCC1)O2. The van der Waals surface area contributed by atoms with Gasteiger partial charge in [0.25, 0.3) is 0 Å². The number of hydrogen-bond donors (Lipinski definition) is 2. The zero-order valence-corrected chi connectivity index (χ0v) is 23.5. The van der Waals surface area contributed by atoms with Gasteiger partial charge in [-0.15, -0.1) is 0 Å². The predicted molar refractivity (Wildman–Crippen MR) is 155 cm³/mol. The maximum atomic E-state index is 11.8. The molecule has 0 amide bonds. The van der Waals surface area contributed by atoms with Crippen LogP contribution in [-0.4, -0.2) is 44.5 Å². The van der Waals surface area contributed by atoms with Gasteiger partial charge in [-0.05, 0) is 86.8 Å². The van der Waals surface area contributed by atoms with Gasteiger partial charge in [-0.1, -0.05) is 47.5 Å². The van der Waals surface area contributed by atoms with Gasteiger partial charge < -0.3 is 24.8 Å². The highest BCUT2D eigenvalue weighted by atomic mass is 35.5. The molecule has 3 aromatic carbocycles. The quantitative estimate of drug-likeness (QED) is 0.318. The van der Waals surface area contributed by atoms with Crippen molar-refractivity contribution in [2.45, 2.75) is 43.3 Å². The fraction of sp³-hybridized carbons (Fsp3) is 0.419. The Bertz CT molecular complexity index is 1230. The lowest BCUT2D eigenvalue weighted by Gasteiger charge is -2.49. The third kappa shape index (κ3) is 5.62. The van der Waals surface area contributed by atoms with E-state index >= 15 is 0 Å². The molecule has 2 aliphatic heterocycles. The zero-order valence-electron chi connectivity index (χ0n) is 22.0. The number of piperidine rings is 1. The molecule has 5 rings (SSSR count). The topological polar surface area (TPSA) is 54.0 Å². The average Bonchev–Trinajstić information content (AvgIpc) is 2.94. The Kier molecular flexibility index (Phi) is 8.39. The molecule has 1 saturated heterocycles. The van der Waals surface area contributed by atoms with Gasteiger partial charge in [-0.3, -0.25) is 0 Å². The van der Waals surface area contributed by atoms with E-state index in [0.717, 1.165) is 73.6 Å². The molecular weight excluding hydrogens is 519 g/mol. The van der Waals surface area contributed by atoms with E-state index in [1.165, 1.54) is 0 Å². The van der Waals surface area contributed by atoms with Gasteiger partial charge in [-0.25, -0.2) is 0 Å². The van der Waals surface area contributed by atoms with Gasteiger partial charge in [0.05, 0.1) is 23.3 Å². The average molecular weight is 556 g/mol. The van der Waals surface area contributed by atoms with Crippen molar-refractivity contribution >= 4 is 28.9 Å². The number of ether oxygens (including phenoxy) is 2. The Morgan fingerprint density at radius 3 is 2.53 bits per heavy atom. The normalized spacial score (nSPS) is 20.9. The second-order valence-electron chi connectivity index (χ2n) is 10.5. The molecule has 0 aliphatic carbocycles. The van der Waals surface area contributed by atoms with Gasteiger partial charge in [0.2, 0.25) is 0 Å². The maximum absolute atomic E-state index is 11.8. The van der Waals surface area contributed by atoms with Gasteiger partial charge in [0, 0.05) is 36.7 Å². The van der Waals surface area contributed by atoms with Crippen molar-refractivity contribution in [2.24, 2.45) is 5.92 Å². The minimum Gasteiger partial charge on any atom is -0.497 e. The van der Waals surface area contributed by atoms with Crippen molar-refractivity contribution < 1.29 is 14.6 Å². The van der Waals surface area contributed by atoms with Crippen LogP contribution in [0.3, 0.4) is 0 Å². The third-order valence-corrected chi connectivity index (χ3v) is 9.03. The lowest BCUT2D eigenvalue weighted by molar-refractivity contribution is -0.0964. The van der Waals surface area contributed by atoms with E-state index in [-0.39, 0.29) is 11.8 Å². The van der Waals surface area contributed by atoms with E-state index in [1.54, 1.807) is 7.11 Å². The summed E-state index contributed by atoms with van der Waals surface area (Å²) in [5.41, 5.74) is 2.72. The molecule has 3 atom stereocenters. The van der Waals surface area contributed by atoms with Crippen LogP contribution >= 0.6 is 23.2 Å². The molecule has 0 aromatic heterocycles. The minimum atomic E-state index is -0.631. The number of anilines is 1. The molecule has 202 valence electrons. The number of nitrogens with one attached hydrogen (secondary N) is 1. The highest BCUT2D eigenvalue weighted by Crippen LogP contribution is 2.51. The summed E-state index contributed by atoms with van der Waals surface area (Å²) in [6.07, 6.45) is 2.77. The van der Waals surface area contributed by atoms with Crippen molar-refractivity contribution in [1.82, 2.24) is 5.32 Å². The molecule has 1 fully saturated rings. The van der Waals surface area contributed by atoms with Crippen LogP contribution in [-0.2, 0) is 0 Å². The monoisotopic (exact) mass is 554 g/mol. The summed E-state index contributed by atoms with van der Waals surface area (Å²) in [5, 5.41) is 16.4. The van der Waals surface area contributed by atoms with E-state index in [1.807, 2.05) is 36.4 Å². The van der Waals surface area contributed by atoms with E-state index < -0.39 is 11.7 Å². The number of halogens is 2. The third-order valence-electron chi connectivity index (χ3n) is 8.29. The zero-order chi connectivity index (χ0) is 26.7. The molecule has 1 spiro atoms. The minimum absolute atomic E-state index is 0.0449. The number of rotatable bonds is 8. The van der Waals surface area contributed by atoms with Crippen LogP contribution in [0.2, 0.25) is 10.0 Å². The number of aliphatic hydroxyl groups excluding tert-OH is 1. The molecule has 0 radical (unpaired) electrons. The summed E-state index contributed by atoms with van der Waals surface area (Å²) in [4.78, 5) is 2.28. The van der Waals surface area contributed by atoms with Crippen LogP contribution in [0.15, 0.2) is 66.7 Å². The molecule has 2 aliphatic rings. The van der Waals surface area contributed by atoms with Crippen molar-refractivity contribution in [3.8, 4) is 11.5 Å². The number of hydrogen-bond acceptors (Lipinski definition) is 5. The van der Waals surface area contributed by atoms with Crippen LogP contribution < -0.4 is 19.7 Å². The number of likely N-dealkylation sites (N-methyl/N-ethyl adjacent to an activating group) is 1. The van der Waals surface area contributed by atoms with Crippen molar-refractivity contribution in [3.05, 3.63) is 87.9 Å². The molecule has 5 nitrogen and oxygen atoms in total. The van der Waals surface area contributed by atoms with E-state index in [0.29, 0.717) is 10.0 Å². The second kappa shape index (κ2) is 11.7. The number of nitrogens with zero attached hydrogens (tertiary/aromatic N) is 1. The number of aliphatic hydroxyl groups is 1. The Labute approximate surface area is 235 Å². The first-order chi connectivity index (χ1) is 18.4. The van der Waals surface area contributed by atoms with Crippen molar-refractivity contribution in [3.63, 3.8) is 0 Å². The first-order valence-electron chi connectivity index (χ1n) is 13.4. The van der Waals surface area contributed by atoms with Crippen LogP contribution in [0.4, 0.5) is 5.69 Å².